The van der Waals surface area contributed by atoms with E-state index in [-0.39, 0.29) is 0 Å². The van der Waals surface area contributed by atoms with E-state index in [9.17, 15) is 0 Å². The molecule has 1 N–H and O–H groups in total. The van der Waals surface area contributed by atoms with Gasteiger partial charge in [-0.3, -0.25) is 4.68 Å². The molecule has 0 unspecified atom stereocenters. The molecule has 4 aromatic rings. The van der Waals surface area contributed by atoms with Gasteiger partial charge in [0, 0.05) is 48.1 Å². The molecule has 0 atom stereocenters. The number of fused-ring (bicyclic) bond motifs is 1. The van der Waals surface area contributed by atoms with Gasteiger partial charge in [0.25, 0.3) is 0 Å². The molecule has 0 aliphatic rings. The maximum Gasteiger partial charge on any atom is 0.229 e. The monoisotopic (exact) mass is 376 g/mol. The topological polar surface area (TPSA) is 58.9 Å². The average molecular weight is 376 g/mol. The summed E-state index contributed by atoms with van der Waals surface area (Å²) in [5.41, 5.74) is 2.95. The lowest BCUT2D eigenvalue weighted by Gasteiger charge is -2.18. The largest absolute Gasteiger partial charge is 0.329 e. The molecule has 136 valence electrons. The lowest BCUT2D eigenvalue weighted by molar-refractivity contribution is 0.780. The summed E-state index contributed by atoms with van der Waals surface area (Å²) in [6.45, 7) is 0. The van der Waals surface area contributed by atoms with Gasteiger partial charge in [0.1, 0.15) is 5.82 Å². The minimum Gasteiger partial charge on any atom is -0.329 e. The van der Waals surface area contributed by atoms with Crippen molar-refractivity contribution in [2.45, 2.75) is 4.90 Å². The molecule has 0 radical (unpaired) electrons. The number of benzene rings is 2. The van der Waals surface area contributed by atoms with Gasteiger partial charge < -0.3 is 10.2 Å². The van der Waals surface area contributed by atoms with Crippen LogP contribution < -0.4 is 10.2 Å². The molecular weight excluding hydrogens is 356 g/mol. The highest BCUT2D eigenvalue weighted by Crippen LogP contribution is 2.26. The predicted molar refractivity (Wildman–Crippen MR) is 112 cm³/mol. The van der Waals surface area contributed by atoms with E-state index in [0.717, 1.165) is 28.1 Å². The van der Waals surface area contributed by atoms with Crippen molar-refractivity contribution in [2.24, 2.45) is 7.05 Å². The number of aromatic nitrogens is 4. The van der Waals surface area contributed by atoms with Gasteiger partial charge in [0.2, 0.25) is 5.95 Å². The molecular formula is C20H20N6S. The van der Waals surface area contributed by atoms with Crippen LogP contribution in [0.4, 0.5) is 23.1 Å². The van der Waals surface area contributed by atoms with Crippen molar-refractivity contribution >= 4 is 45.8 Å². The Bertz CT molecular complexity index is 1070. The van der Waals surface area contributed by atoms with Crippen LogP contribution in [-0.2, 0) is 7.05 Å². The van der Waals surface area contributed by atoms with Crippen LogP contribution in [-0.4, -0.2) is 33.1 Å². The zero-order valence-electron chi connectivity index (χ0n) is 15.4. The van der Waals surface area contributed by atoms with Crippen molar-refractivity contribution in [1.29, 1.82) is 0 Å². The van der Waals surface area contributed by atoms with Crippen LogP contribution in [0.15, 0.2) is 65.8 Å². The van der Waals surface area contributed by atoms with Crippen LogP contribution in [0.1, 0.15) is 0 Å². The number of aryl methyl sites for hydroxylation is 1. The normalized spacial score (nSPS) is 10.9. The van der Waals surface area contributed by atoms with Crippen LogP contribution in [0.3, 0.4) is 0 Å². The van der Waals surface area contributed by atoms with E-state index in [0.29, 0.717) is 5.95 Å². The van der Waals surface area contributed by atoms with Crippen LogP contribution >= 0.6 is 11.8 Å². The Labute approximate surface area is 162 Å². The Morgan fingerprint density at radius 1 is 1.07 bits per heavy atom. The van der Waals surface area contributed by atoms with E-state index in [4.69, 9.17) is 0 Å². The van der Waals surface area contributed by atoms with Crippen molar-refractivity contribution in [1.82, 2.24) is 19.7 Å². The second kappa shape index (κ2) is 7.28. The van der Waals surface area contributed by atoms with Crippen molar-refractivity contribution in [3.8, 4) is 0 Å². The second-order valence-electron chi connectivity index (χ2n) is 6.20. The molecule has 6 nitrogen and oxygen atoms in total. The number of hydrogen-bond acceptors (Lipinski definition) is 6. The van der Waals surface area contributed by atoms with E-state index in [2.05, 4.69) is 57.0 Å². The number of nitrogens with zero attached hydrogens (tertiary/aromatic N) is 5. The number of anilines is 4. The molecule has 0 aliphatic heterocycles. The first kappa shape index (κ1) is 17.4. The second-order valence-corrected chi connectivity index (χ2v) is 7.08. The highest BCUT2D eigenvalue weighted by atomic mass is 32.2. The maximum atomic E-state index is 4.65. The molecule has 0 bridgehead atoms. The molecule has 0 aliphatic carbocycles. The van der Waals surface area contributed by atoms with Crippen LogP contribution in [0.2, 0.25) is 0 Å². The molecule has 4 rings (SSSR count). The Hall–Kier alpha value is -3.06. The predicted octanol–water partition coefficient (Wildman–Crippen LogP) is 4.60. The minimum atomic E-state index is 0.565. The third-order valence-corrected chi connectivity index (χ3v) is 5.07. The van der Waals surface area contributed by atoms with Gasteiger partial charge in [-0.25, -0.2) is 4.98 Å². The summed E-state index contributed by atoms with van der Waals surface area (Å²) in [7, 11) is 3.92. The number of rotatable bonds is 5. The molecule has 0 spiro atoms. The van der Waals surface area contributed by atoms with E-state index >= 15 is 0 Å². The third kappa shape index (κ3) is 3.73. The van der Waals surface area contributed by atoms with Crippen LogP contribution in [0.5, 0.6) is 0 Å². The SMILES string of the molecule is CSc1ccc(Nc2nccc(N(C)c3ccc4cn(C)nc4c3)n2)cc1. The smallest absolute Gasteiger partial charge is 0.229 e. The molecule has 2 aromatic carbocycles. The molecule has 0 amide bonds. The van der Waals surface area contributed by atoms with Gasteiger partial charge in [0.05, 0.1) is 5.52 Å². The Morgan fingerprint density at radius 3 is 2.67 bits per heavy atom. The summed E-state index contributed by atoms with van der Waals surface area (Å²) >= 11 is 1.72. The van der Waals surface area contributed by atoms with E-state index in [1.807, 2.05) is 48.1 Å². The van der Waals surface area contributed by atoms with Crippen molar-refractivity contribution < 1.29 is 0 Å². The Kier molecular flexibility index (Phi) is 4.68. The fourth-order valence-corrected chi connectivity index (χ4v) is 3.28. The molecule has 2 heterocycles. The first-order valence-corrected chi connectivity index (χ1v) is 9.76. The first-order valence-electron chi connectivity index (χ1n) is 8.53. The van der Waals surface area contributed by atoms with Gasteiger partial charge in [0.15, 0.2) is 0 Å². The number of thioether (sulfide) groups is 1. The van der Waals surface area contributed by atoms with Gasteiger partial charge in [-0.05, 0) is 54.8 Å². The molecule has 2 aromatic heterocycles. The molecule has 27 heavy (non-hydrogen) atoms. The van der Waals surface area contributed by atoms with Gasteiger partial charge >= 0.3 is 0 Å². The Balaban J connectivity index is 1.58. The lowest BCUT2D eigenvalue weighted by atomic mass is 10.2. The fourth-order valence-electron chi connectivity index (χ4n) is 2.87. The lowest BCUT2D eigenvalue weighted by Crippen LogP contribution is -2.12. The first-order chi connectivity index (χ1) is 13.1. The zero-order valence-corrected chi connectivity index (χ0v) is 16.2. The maximum absolute atomic E-state index is 4.65. The summed E-state index contributed by atoms with van der Waals surface area (Å²) < 4.78 is 1.82. The van der Waals surface area contributed by atoms with E-state index in [1.54, 1.807) is 18.0 Å². The minimum absolute atomic E-state index is 0.565. The molecule has 0 saturated heterocycles. The third-order valence-electron chi connectivity index (χ3n) is 4.32. The standard InChI is InChI=1S/C20H20N6S/c1-25-13-14-4-7-16(12-18(14)24-25)26(2)19-10-11-21-20(23-19)22-15-5-8-17(27-3)9-6-15/h4-13H,1-3H3,(H,21,22,23). The Morgan fingerprint density at radius 2 is 1.89 bits per heavy atom. The van der Waals surface area contributed by atoms with Gasteiger partial charge in [-0.15, -0.1) is 11.8 Å². The van der Waals surface area contributed by atoms with Gasteiger partial charge in [-0.2, -0.15) is 10.1 Å². The van der Waals surface area contributed by atoms with Gasteiger partial charge in [-0.1, -0.05) is 0 Å². The quantitative estimate of drug-likeness (QED) is 0.514. The zero-order chi connectivity index (χ0) is 18.8. The van der Waals surface area contributed by atoms with Crippen molar-refractivity contribution in [3.63, 3.8) is 0 Å². The summed E-state index contributed by atoms with van der Waals surface area (Å²) in [6, 6.07) is 16.3. The summed E-state index contributed by atoms with van der Waals surface area (Å²) in [4.78, 5) is 12.2. The van der Waals surface area contributed by atoms with Crippen molar-refractivity contribution in [3.05, 3.63) is 60.9 Å². The highest BCUT2D eigenvalue weighted by molar-refractivity contribution is 7.98. The number of nitrogens with one attached hydrogen (secondary N) is 1. The fraction of sp³-hybridized carbons (Fsp3) is 0.150. The summed E-state index contributed by atoms with van der Waals surface area (Å²) in [5, 5.41) is 8.86. The molecule has 0 saturated carbocycles. The highest BCUT2D eigenvalue weighted by Gasteiger charge is 2.09. The number of hydrogen-bond donors (Lipinski definition) is 1. The van der Waals surface area contributed by atoms with E-state index < -0.39 is 0 Å². The average Bonchev–Trinajstić information content (AvgIpc) is 3.07. The summed E-state index contributed by atoms with van der Waals surface area (Å²) in [5.74, 6) is 1.37. The van der Waals surface area contributed by atoms with Crippen molar-refractivity contribution in [2.75, 3.05) is 23.5 Å². The summed E-state index contributed by atoms with van der Waals surface area (Å²) in [6.07, 6.45) is 5.83. The molecule has 0 fully saturated rings. The molecule has 7 heteroatoms. The van der Waals surface area contributed by atoms with Crippen LogP contribution in [0.25, 0.3) is 10.9 Å². The van der Waals surface area contributed by atoms with E-state index in [1.165, 1.54) is 4.90 Å². The van der Waals surface area contributed by atoms with Crippen LogP contribution in [0, 0.1) is 0 Å².